The first kappa shape index (κ1) is 15.7. The minimum Gasteiger partial charge on any atom is -0.299 e. The molecule has 1 fully saturated rings. The molecule has 1 heterocycles. The summed E-state index contributed by atoms with van der Waals surface area (Å²) in [6.07, 6.45) is 7.39. The van der Waals surface area contributed by atoms with Crippen molar-refractivity contribution in [2.24, 2.45) is 0 Å². The van der Waals surface area contributed by atoms with Crippen molar-refractivity contribution >= 4 is 11.9 Å². The number of benzene rings is 2. The molecule has 0 radical (unpaired) electrons. The highest BCUT2D eigenvalue weighted by Crippen LogP contribution is 2.32. The Morgan fingerprint density at radius 2 is 1.78 bits per heavy atom. The molecular formula is C21H23NO. The van der Waals surface area contributed by atoms with Gasteiger partial charge >= 0.3 is 0 Å². The first-order chi connectivity index (χ1) is 11.3. The lowest BCUT2D eigenvalue weighted by Crippen LogP contribution is -2.29. The van der Waals surface area contributed by atoms with Crippen LogP contribution in [0.4, 0.5) is 0 Å². The van der Waals surface area contributed by atoms with E-state index in [-0.39, 0.29) is 5.78 Å². The first-order valence-electron chi connectivity index (χ1n) is 8.32. The van der Waals surface area contributed by atoms with E-state index in [1.54, 1.807) is 6.08 Å². The maximum absolute atomic E-state index is 12.3. The predicted octanol–water partition coefficient (Wildman–Crippen LogP) is 4.74. The molecule has 0 saturated carbocycles. The van der Waals surface area contributed by atoms with E-state index in [1.165, 1.54) is 24.8 Å². The monoisotopic (exact) mass is 305 g/mol. The van der Waals surface area contributed by atoms with Gasteiger partial charge in [-0.25, -0.2) is 0 Å². The summed E-state index contributed by atoms with van der Waals surface area (Å²) in [5.41, 5.74) is 3.21. The van der Waals surface area contributed by atoms with Gasteiger partial charge in [0, 0.05) is 11.6 Å². The van der Waals surface area contributed by atoms with Gasteiger partial charge in [-0.2, -0.15) is 0 Å². The lowest BCUT2D eigenvalue weighted by Gasteiger charge is -2.33. The molecule has 1 atom stereocenters. The fourth-order valence-corrected chi connectivity index (χ4v) is 3.30. The minimum atomic E-state index is 0.0531. The largest absolute Gasteiger partial charge is 0.299 e. The molecule has 0 aliphatic carbocycles. The summed E-state index contributed by atoms with van der Waals surface area (Å²) in [6, 6.07) is 18.3. The molecular weight excluding hydrogens is 282 g/mol. The number of rotatable bonds is 4. The lowest BCUT2D eigenvalue weighted by atomic mass is 9.92. The van der Waals surface area contributed by atoms with Gasteiger partial charge in [0.2, 0.25) is 0 Å². The molecule has 3 rings (SSSR count). The Hall–Kier alpha value is -2.19. The fraction of sp³-hybridized carbons (Fsp3) is 0.286. The summed E-state index contributed by atoms with van der Waals surface area (Å²) in [5, 5.41) is 0. The zero-order chi connectivity index (χ0) is 16.1. The summed E-state index contributed by atoms with van der Waals surface area (Å²) in [4.78, 5) is 14.7. The number of nitrogens with zero attached hydrogens (tertiary/aromatic N) is 1. The standard InChI is InChI=1S/C21H23NO/c1-22-16-8-7-13-20(22)19-12-6-5-9-17(19)14-15-21(23)18-10-3-2-4-11-18/h2-6,9-12,14-15,20H,7-8,13,16H2,1H3. The maximum atomic E-state index is 12.3. The molecule has 0 bridgehead atoms. The van der Waals surface area contributed by atoms with Gasteiger partial charge < -0.3 is 0 Å². The lowest BCUT2D eigenvalue weighted by molar-refractivity contribution is 0.104. The van der Waals surface area contributed by atoms with Crippen LogP contribution in [0.15, 0.2) is 60.7 Å². The van der Waals surface area contributed by atoms with Crippen molar-refractivity contribution in [3.8, 4) is 0 Å². The Balaban J connectivity index is 1.83. The summed E-state index contributed by atoms with van der Waals surface area (Å²) >= 11 is 0. The zero-order valence-electron chi connectivity index (χ0n) is 13.6. The number of carbonyl (C=O) groups is 1. The second-order valence-corrected chi connectivity index (χ2v) is 6.18. The van der Waals surface area contributed by atoms with Crippen LogP contribution in [-0.2, 0) is 0 Å². The molecule has 1 saturated heterocycles. The van der Waals surface area contributed by atoms with Crippen molar-refractivity contribution in [1.82, 2.24) is 4.90 Å². The highest BCUT2D eigenvalue weighted by atomic mass is 16.1. The highest BCUT2D eigenvalue weighted by molar-refractivity contribution is 6.06. The molecule has 0 aromatic heterocycles. The number of allylic oxidation sites excluding steroid dienone is 1. The highest BCUT2D eigenvalue weighted by Gasteiger charge is 2.21. The van der Waals surface area contributed by atoms with Crippen LogP contribution >= 0.6 is 0 Å². The van der Waals surface area contributed by atoms with Crippen LogP contribution in [0.2, 0.25) is 0 Å². The average molecular weight is 305 g/mol. The van der Waals surface area contributed by atoms with Gasteiger partial charge in [-0.1, -0.05) is 67.1 Å². The smallest absolute Gasteiger partial charge is 0.185 e. The van der Waals surface area contributed by atoms with E-state index in [0.717, 1.165) is 17.7 Å². The van der Waals surface area contributed by atoms with E-state index in [9.17, 15) is 4.79 Å². The average Bonchev–Trinajstić information content (AvgIpc) is 2.61. The van der Waals surface area contributed by atoms with E-state index in [2.05, 4.69) is 30.1 Å². The van der Waals surface area contributed by atoms with Gasteiger partial charge in [-0.3, -0.25) is 9.69 Å². The van der Waals surface area contributed by atoms with Gasteiger partial charge in [0.1, 0.15) is 0 Å². The van der Waals surface area contributed by atoms with Gasteiger partial charge in [-0.15, -0.1) is 0 Å². The molecule has 23 heavy (non-hydrogen) atoms. The summed E-state index contributed by atoms with van der Waals surface area (Å²) in [7, 11) is 2.19. The van der Waals surface area contributed by atoms with E-state index >= 15 is 0 Å². The van der Waals surface area contributed by atoms with Crippen LogP contribution in [0.1, 0.15) is 46.8 Å². The number of ketones is 1. The fourth-order valence-electron chi connectivity index (χ4n) is 3.30. The molecule has 0 spiro atoms. The Labute approximate surface area is 138 Å². The van der Waals surface area contributed by atoms with E-state index in [1.807, 2.05) is 42.5 Å². The normalized spacial score (nSPS) is 19.1. The van der Waals surface area contributed by atoms with Crippen molar-refractivity contribution in [3.63, 3.8) is 0 Å². The maximum Gasteiger partial charge on any atom is 0.185 e. The third-order valence-corrected chi connectivity index (χ3v) is 4.60. The van der Waals surface area contributed by atoms with Gasteiger partial charge in [0.25, 0.3) is 0 Å². The number of carbonyl (C=O) groups excluding carboxylic acids is 1. The molecule has 0 amide bonds. The molecule has 2 heteroatoms. The molecule has 2 aromatic carbocycles. The third kappa shape index (κ3) is 3.77. The quantitative estimate of drug-likeness (QED) is 0.600. The molecule has 1 aliphatic heterocycles. The van der Waals surface area contributed by atoms with Crippen molar-refractivity contribution < 1.29 is 4.79 Å². The van der Waals surface area contributed by atoms with Crippen LogP contribution in [0.3, 0.4) is 0 Å². The van der Waals surface area contributed by atoms with Crippen LogP contribution in [-0.4, -0.2) is 24.3 Å². The van der Waals surface area contributed by atoms with Gasteiger partial charge in [0.15, 0.2) is 5.78 Å². The van der Waals surface area contributed by atoms with E-state index < -0.39 is 0 Å². The van der Waals surface area contributed by atoms with Gasteiger partial charge in [-0.05, 0) is 43.6 Å². The first-order valence-corrected chi connectivity index (χ1v) is 8.32. The van der Waals surface area contributed by atoms with E-state index in [0.29, 0.717) is 6.04 Å². The topological polar surface area (TPSA) is 20.3 Å². The van der Waals surface area contributed by atoms with Crippen molar-refractivity contribution in [2.45, 2.75) is 25.3 Å². The molecule has 1 aliphatic rings. The molecule has 118 valence electrons. The van der Waals surface area contributed by atoms with Crippen LogP contribution in [0.25, 0.3) is 6.08 Å². The Bertz CT molecular complexity index is 690. The second kappa shape index (κ2) is 7.38. The Morgan fingerprint density at radius 1 is 1.04 bits per heavy atom. The minimum absolute atomic E-state index is 0.0531. The Kier molecular flexibility index (Phi) is 5.04. The molecule has 2 nitrogen and oxygen atoms in total. The van der Waals surface area contributed by atoms with E-state index in [4.69, 9.17) is 0 Å². The number of hydrogen-bond acceptors (Lipinski definition) is 2. The van der Waals surface area contributed by atoms with Crippen molar-refractivity contribution in [1.29, 1.82) is 0 Å². The second-order valence-electron chi connectivity index (χ2n) is 6.18. The number of likely N-dealkylation sites (tertiary alicyclic amines) is 1. The van der Waals surface area contributed by atoms with Crippen molar-refractivity contribution in [2.75, 3.05) is 13.6 Å². The molecule has 1 unspecified atom stereocenters. The summed E-state index contributed by atoms with van der Waals surface area (Å²) < 4.78 is 0. The molecule has 2 aromatic rings. The summed E-state index contributed by atoms with van der Waals surface area (Å²) in [5.74, 6) is 0.0531. The summed E-state index contributed by atoms with van der Waals surface area (Å²) in [6.45, 7) is 1.14. The van der Waals surface area contributed by atoms with Crippen molar-refractivity contribution in [3.05, 3.63) is 77.4 Å². The SMILES string of the molecule is CN1CCCCC1c1ccccc1C=CC(=O)c1ccccc1. The Morgan fingerprint density at radius 3 is 2.57 bits per heavy atom. The van der Waals surface area contributed by atoms with Crippen LogP contribution < -0.4 is 0 Å². The third-order valence-electron chi connectivity index (χ3n) is 4.60. The van der Waals surface area contributed by atoms with Gasteiger partial charge in [0.05, 0.1) is 0 Å². The number of piperidine rings is 1. The molecule has 0 N–H and O–H groups in total. The van der Waals surface area contributed by atoms with Crippen LogP contribution in [0.5, 0.6) is 0 Å². The predicted molar refractivity (Wildman–Crippen MR) is 95.5 cm³/mol. The zero-order valence-corrected chi connectivity index (χ0v) is 13.6. The van der Waals surface area contributed by atoms with Crippen LogP contribution in [0, 0.1) is 0 Å². The number of hydrogen-bond donors (Lipinski definition) is 0.